The van der Waals surface area contributed by atoms with Gasteiger partial charge in [-0.1, -0.05) is 6.08 Å². The standard InChI is InChI=1S/C19H22FN3O3/c1-3-5-14-17(19(25)26)18(24)12-10-13(20)16(11-15(12)23(14)4-2)22-8-6-21-7-9-22/h3,5,10-11,21H,4,6-9H2,1-2H3,(H,25,26). The van der Waals surface area contributed by atoms with Crippen molar-refractivity contribution in [1.29, 1.82) is 0 Å². The number of anilines is 1. The largest absolute Gasteiger partial charge is 0.477 e. The lowest BCUT2D eigenvalue weighted by Crippen LogP contribution is -2.44. The van der Waals surface area contributed by atoms with Gasteiger partial charge < -0.3 is 19.9 Å². The first-order valence-electron chi connectivity index (χ1n) is 8.71. The lowest BCUT2D eigenvalue weighted by Gasteiger charge is -2.30. The third-order valence-corrected chi connectivity index (χ3v) is 4.69. The van der Waals surface area contributed by atoms with Crippen molar-refractivity contribution in [3.05, 3.63) is 45.5 Å². The molecule has 0 saturated carbocycles. The Morgan fingerprint density at radius 3 is 2.62 bits per heavy atom. The summed E-state index contributed by atoms with van der Waals surface area (Å²) in [6, 6.07) is 2.84. The number of aromatic nitrogens is 1. The van der Waals surface area contributed by atoms with E-state index in [1.807, 2.05) is 11.8 Å². The number of piperazine rings is 1. The Kier molecular flexibility index (Phi) is 5.08. The number of aromatic carboxylic acids is 1. The van der Waals surface area contributed by atoms with Gasteiger partial charge in [0, 0.05) is 38.1 Å². The maximum Gasteiger partial charge on any atom is 0.341 e. The zero-order valence-electron chi connectivity index (χ0n) is 14.9. The van der Waals surface area contributed by atoms with Crippen LogP contribution in [0.4, 0.5) is 10.1 Å². The second kappa shape index (κ2) is 7.29. The van der Waals surface area contributed by atoms with Gasteiger partial charge in [0.2, 0.25) is 5.43 Å². The summed E-state index contributed by atoms with van der Waals surface area (Å²) in [7, 11) is 0. The number of pyridine rings is 1. The predicted octanol–water partition coefficient (Wildman–Crippen LogP) is 2.30. The molecule has 6 nitrogen and oxygen atoms in total. The van der Waals surface area contributed by atoms with Crippen LogP contribution in [-0.2, 0) is 6.54 Å². The van der Waals surface area contributed by atoms with E-state index in [4.69, 9.17) is 0 Å². The van der Waals surface area contributed by atoms with Crippen molar-refractivity contribution in [2.75, 3.05) is 31.1 Å². The van der Waals surface area contributed by atoms with E-state index in [1.54, 1.807) is 29.7 Å². The monoisotopic (exact) mass is 359 g/mol. The molecule has 1 aliphatic heterocycles. The van der Waals surface area contributed by atoms with Crippen LogP contribution in [0.1, 0.15) is 29.9 Å². The number of nitrogens with zero attached hydrogens (tertiary/aromatic N) is 2. The fourth-order valence-corrected chi connectivity index (χ4v) is 3.50. The molecular formula is C19H22FN3O3. The van der Waals surface area contributed by atoms with Crippen LogP contribution >= 0.6 is 0 Å². The molecule has 7 heteroatoms. The second-order valence-corrected chi connectivity index (χ2v) is 6.20. The van der Waals surface area contributed by atoms with Gasteiger partial charge in [-0.3, -0.25) is 4.79 Å². The number of benzene rings is 1. The number of fused-ring (bicyclic) bond motifs is 1. The first-order chi connectivity index (χ1) is 12.5. The van der Waals surface area contributed by atoms with Crippen LogP contribution in [0.5, 0.6) is 0 Å². The predicted molar refractivity (Wildman–Crippen MR) is 101 cm³/mol. The quantitative estimate of drug-likeness (QED) is 0.876. The molecule has 138 valence electrons. The van der Waals surface area contributed by atoms with Gasteiger partial charge in [-0.2, -0.15) is 0 Å². The normalized spacial score (nSPS) is 15.1. The van der Waals surface area contributed by atoms with E-state index in [0.29, 0.717) is 36.5 Å². The summed E-state index contributed by atoms with van der Waals surface area (Å²) in [5.74, 6) is -1.81. The van der Waals surface area contributed by atoms with Gasteiger partial charge in [0.1, 0.15) is 11.4 Å². The Labute approximate surface area is 150 Å². The van der Waals surface area contributed by atoms with Crippen LogP contribution in [-0.4, -0.2) is 41.8 Å². The summed E-state index contributed by atoms with van der Waals surface area (Å²) in [6.07, 6.45) is 3.31. The number of carboxylic acid groups (broad SMARTS) is 1. The first-order valence-corrected chi connectivity index (χ1v) is 8.71. The molecule has 3 rings (SSSR count). The Morgan fingerprint density at radius 1 is 1.35 bits per heavy atom. The Hall–Kier alpha value is -2.67. The summed E-state index contributed by atoms with van der Waals surface area (Å²) < 4.78 is 16.5. The first kappa shape index (κ1) is 18.1. The number of rotatable bonds is 4. The number of allylic oxidation sites excluding steroid dienone is 1. The third kappa shape index (κ3) is 2.99. The van der Waals surface area contributed by atoms with E-state index in [9.17, 15) is 19.1 Å². The summed E-state index contributed by atoms with van der Waals surface area (Å²) in [6.45, 7) is 6.97. The average Bonchev–Trinajstić information content (AvgIpc) is 2.63. The lowest BCUT2D eigenvalue weighted by atomic mass is 10.0. The Balaban J connectivity index is 2.36. The summed E-state index contributed by atoms with van der Waals surface area (Å²) in [5, 5.41) is 12.8. The van der Waals surface area contributed by atoms with Gasteiger partial charge in [0.25, 0.3) is 0 Å². The molecule has 1 aromatic heterocycles. The molecule has 0 unspecified atom stereocenters. The SMILES string of the molecule is CC=Cc1c(C(=O)O)c(=O)c2cc(F)c(N3CCNCC3)cc2n1CC. The highest BCUT2D eigenvalue weighted by Gasteiger charge is 2.23. The Bertz CT molecular complexity index is 943. The van der Waals surface area contributed by atoms with Gasteiger partial charge >= 0.3 is 5.97 Å². The third-order valence-electron chi connectivity index (χ3n) is 4.69. The molecule has 1 saturated heterocycles. The van der Waals surface area contributed by atoms with E-state index < -0.39 is 17.2 Å². The summed E-state index contributed by atoms with van der Waals surface area (Å²) in [5.41, 5.74) is 0.335. The fraction of sp³-hybridized carbons (Fsp3) is 0.368. The minimum atomic E-state index is -1.31. The summed E-state index contributed by atoms with van der Waals surface area (Å²) >= 11 is 0. The maximum atomic E-state index is 14.7. The lowest BCUT2D eigenvalue weighted by molar-refractivity contribution is 0.0694. The molecule has 0 bridgehead atoms. The second-order valence-electron chi connectivity index (χ2n) is 6.20. The van der Waals surface area contributed by atoms with Gasteiger partial charge in [-0.15, -0.1) is 0 Å². The van der Waals surface area contributed by atoms with Crippen molar-refractivity contribution in [3.8, 4) is 0 Å². The molecule has 0 aliphatic carbocycles. The minimum Gasteiger partial charge on any atom is -0.477 e. The van der Waals surface area contributed by atoms with E-state index in [-0.39, 0.29) is 10.9 Å². The zero-order chi connectivity index (χ0) is 18.8. The number of aryl methyl sites for hydroxylation is 1. The zero-order valence-corrected chi connectivity index (χ0v) is 14.9. The molecular weight excluding hydrogens is 337 g/mol. The van der Waals surface area contributed by atoms with Crippen LogP contribution < -0.4 is 15.6 Å². The summed E-state index contributed by atoms with van der Waals surface area (Å²) in [4.78, 5) is 26.4. The van der Waals surface area contributed by atoms with Gasteiger partial charge in [-0.25, -0.2) is 9.18 Å². The minimum absolute atomic E-state index is 0.0916. The van der Waals surface area contributed by atoms with Crippen LogP contribution in [0.3, 0.4) is 0 Å². The topological polar surface area (TPSA) is 74.6 Å². The molecule has 1 aromatic carbocycles. The number of halogens is 1. The highest BCUT2D eigenvalue weighted by atomic mass is 19.1. The molecule has 1 aliphatic rings. The highest BCUT2D eigenvalue weighted by Crippen LogP contribution is 2.27. The Morgan fingerprint density at radius 2 is 2.04 bits per heavy atom. The van der Waals surface area contributed by atoms with Crippen LogP contribution in [0.25, 0.3) is 17.0 Å². The van der Waals surface area contributed by atoms with Crippen LogP contribution in [0, 0.1) is 5.82 Å². The number of carbonyl (C=O) groups is 1. The molecule has 0 atom stereocenters. The van der Waals surface area contributed by atoms with E-state index in [2.05, 4.69) is 5.32 Å². The number of hydrogen-bond donors (Lipinski definition) is 2. The maximum absolute atomic E-state index is 14.7. The molecule has 0 spiro atoms. The number of nitrogens with one attached hydrogen (secondary N) is 1. The molecule has 2 heterocycles. The molecule has 26 heavy (non-hydrogen) atoms. The van der Waals surface area contributed by atoms with Crippen molar-refractivity contribution in [1.82, 2.24) is 9.88 Å². The van der Waals surface area contributed by atoms with E-state index in [0.717, 1.165) is 13.1 Å². The van der Waals surface area contributed by atoms with Crippen molar-refractivity contribution in [2.24, 2.45) is 0 Å². The number of hydrogen-bond acceptors (Lipinski definition) is 4. The van der Waals surface area contributed by atoms with Crippen LogP contribution in [0.15, 0.2) is 23.0 Å². The molecule has 2 N–H and O–H groups in total. The van der Waals surface area contributed by atoms with Crippen molar-refractivity contribution in [2.45, 2.75) is 20.4 Å². The average molecular weight is 359 g/mol. The van der Waals surface area contributed by atoms with Crippen molar-refractivity contribution in [3.63, 3.8) is 0 Å². The van der Waals surface area contributed by atoms with E-state index in [1.165, 1.54) is 6.07 Å². The van der Waals surface area contributed by atoms with Gasteiger partial charge in [0.15, 0.2) is 0 Å². The van der Waals surface area contributed by atoms with Crippen molar-refractivity contribution >= 4 is 28.6 Å². The molecule has 0 radical (unpaired) electrons. The van der Waals surface area contributed by atoms with Crippen molar-refractivity contribution < 1.29 is 14.3 Å². The number of carboxylic acids is 1. The van der Waals surface area contributed by atoms with Gasteiger partial charge in [0.05, 0.1) is 16.9 Å². The van der Waals surface area contributed by atoms with E-state index >= 15 is 0 Å². The highest BCUT2D eigenvalue weighted by molar-refractivity contribution is 5.97. The van der Waals surface area contributed by atoms with Gasteiger partial charge in [-0.05, 0) is 32.1 Å². The smallest absolute Gasteiger partial charge is 0.341 e. The van der Waals surface area contributed by atoms with Crippen LogP contribution in [0.2, 0.25) is 0 Å². The molecule has 1 fully saturated rings. The molecule has 2 aromatic rings. The fourth-order valence-electron chi connectivity index (χ4n) is 3.50. The molecule has 0 amide bonds.